The van der Waals surface area contributed by atoms with Crippen LogP contribution in [0.5, 0.6) is 0 Å². The number of allylic oxidation sites excluding steroid dienone is 1. The summed E-state index contributed by atoms with van der Waals surface area (Å²) in [5.41, 5.74) is 5.17. The third kappa shape index (κ3) is 1.77. The number of hydrogen-bond donors (Lipinski definition) is 1. The van der Waals surface area contributed by atoms with Crippen molar-refractivity contribution in [1.82, 2.24) is 0 Å². The number of carbonyl (C=O) groups excluding carboxylic acids is 1. The first-order chi connectivity index (χ1) is 6.53. The molecule has 1 rings (SSSR count). The first-order valence-corrected chi connectivity index (χ1v) is 5.06. The van der Waals surface area contributed by atoms with Gasteiger partial charge in [0.25, 0.3) is 0 Å². The Morgan fingerprint density at radius 1 is 1.57 bits per heavy atom. The monoisotopic (exact) mass is 194 g/mol. The maximum atomic E-state index is 12.0. The average molecular weight is 194 g/mol. The second-order valence-electron chi connectivity index (χ2n) is 4.05. The van der Waals surface area contributed by atoms with E-state index in [0.29, 0.717) is 6.42 Å². The normalized spacial score (nSPS) is 27.2. The lowest BCUT2D eigenvalue weighted by atomic mass is 9.84. The Morgan fingerprint density at radius 3 is 2.57 bits per heavy atom. The molecule has 1 aliphatic heterocycles. The van der Waals surface area contributed by atoms with Gasteiger partial charge < -0.3 is 5.73 Å². The number of ketones is 1. The molecule has 0 saturated carbocycles. The quantitative estimate of drug-likeness (QED) is 0.734. The van der Waals surface area contributed by atoms with Crippen LogP contribution in [0.2, 0.25) is 0 Å². The Kier molecular flexibility index (Phi) is 3.21. The van der Waals surface area contributed by atoms with E-state index in [1.54, 1.807) is 6.21 Å². The number of hydrogen-bond acceptors (Lipinski definition) is 3. The summed E-state index contributed by atoms with van der Waals surface area (Å²) in [6, 6.07) is -0.421. The molecule has 0 radical (unpaired) electrons. The fraction of sp³-hybridized carbons (Fsp3) is 0.636. The third-order valence-electron chi connectivity index (χ3n) is 2.75. The Morgan fingerprint density at radius 2 is 2.21 bits per heavy atom. The third-order valence-corrected chi connectivity index (χ3v) is 2.75. The van der Waals surface area contributed by atoms with Gasteiger partial charge in [-0.2, -0.15) is 0 Å². The van der Waals surface area contributed by atoms with E-state index in [1.807, 2.05) is 32.9 Å². The van der Waals surface area contributed by atoms with Crippen molar-refractivity contribution in [2.45, 2.75) is 38.8 Å². The summed E-state index contributed by atoms with van der Waals surface area (Å²) in [6.07, 6.45) is 6.01. The van der Waals surface area contributed by atoms with Crippen LogP contribution in [-0.4, -0.2) is 23.6 Å². The predicted octanol–water partition coefficient (Wildman–Crippen LogP) is 1.33. The standard InChI is InChI=1S/C11H18N2O/c1-4-11(6-5-7-13-11)10(14)9(12)8(2)3/h5-9H,4,12H2,1-3H3. The van der Waals surface area contributed by atoms with Crippen molar-refractivity contribution in [2.75, 3.05) is 0 Å². The van der Waals surface area contributed by atoms with Gasteiger partial charge in [-0.3, -0.25) is 9.79 Å². The maximum absolute atomic E-state index is 12.0. The molecule has 1 aliphatic rings. The van der Waals surface area contributed by atoms with Crippen LogP contribution in [0.25, 0.3) is 0 Å². The molecule has 2 atom stereocenters. The van der Waals surface area contributed by atoms with Crippen LogP contribution in [0, 0.1) is 5.92 Å². The molecular weight excluding hydrogens is 176 g/mol. The van der Waals surface area contributed by atoms with Crippen molar-refractivity contribution in [3.63, 3.8) is 0 Å². The van der Waals surface area contributed by atoms with Gasteiger partial charge >= 0.3 is 0 Å². The summed E-state index contributed by atoms with van der Waals surface area (Å²) in [5, 5.41) is 0. The lowest BCUT2D eigenvalue weighted by Gasteiger charge is -2.26. The fourth-order valence-corrected chi connectivity index (χ4v) is 1.54. The Labute approximate surface area is 85.1 Å². The highest BCUT2D eigenvalue weighted by Gasteiger charge is 2.38. The first kappa shape index (κ1) is 11.1. The molecule has 2 N–H and O–H groups in total. The van der Waals surface area contributed by atoms with Crippen LogP contribution in [0.1, 0.15) is 27.2 Å². The molecule has 2 unspecified atom stereocenters. The molecule has 78 valence electrons. The molecule has 1 heterocycles. The summed E-state index contributed by atoms with van der Waals surface area (Å²) in [5.74, 6) is 0.190. The van der Waals surface area contributed by atoms with Crippen molar-refractivity contribution in [3.05, 3.63) is 12.2 Å². The van der Waals surface area contributed by atoms with Gasteiger partial charge in [0, 0.05) is 6.21 Å². The summed E-state index contributed by atoms with van der Waals surface area (Å²) in [7, 11) is 0. The number of rotatable bonds is 4. The van der Waals surface area contributed by atoms with Gasteiger partial charge in [-0.25, -0.2) is 0 Å². The molecular formula is C11H18N2O. The Hall–Kier alpha value is -0.960. The van der Waals surface area contributed by atoms with Crippen molar-refractivity contribution in [3.8, 4) is 0 Å². The maximum Gasteiger partial charge on any atom is 0.181 e. The largest absolute Gasteiger partial charge is 0.321 e. The predicted molar refractivity (Wildman–Crippen MR) is 58.5 cm³/mol. The highest BCUT2D eigenvalue weighted by Crippen LogP contribution is 2.25. The number of nitrogens with zero attached hydrogens (tertiary/aromatic N) is 1. The lowest BCUT2D eigenvalue weighted by Crippen LogP contribution is -2.47. The number of nitrogens with two attached hydrogens (primary N) is 1. The van der Waals surface area contributed by atoms with Crippen LogP contribution in [0.4, 0.5) is 0 Å². The minimum atomic E-state index is -0.677. The SMILES string of the molecule is CCC1(C(=O)C(N)C(C)C)C=CC=N1. The number of carbonyl (C=O) groups is 1. The van der Waals surface area contributed by atoms with Crippen LogP contribution in [-0.2, 0) is 4.79 Å². The molecule has 0 aliphatic carbocycles. The minimum Gasteiger partial charge on any atom is -0.321 e. The van der Waals surface area contributed by atoms with Crippen molar-refractivity contribution in [1.29, 1.82) is 0 Å². The molecule has 0 saturated heterocycles. The van der Waals surface area contributed by atoms with Crippen LogP contribution in [0.3, 0.4) is 0 Å². The molecule has 0 aromatic rings. The van der Waals surface area contributed by atoms with E-state index in [9.17, 15) is 4.79 Å². The van der Waals surface area contributed by atoms with Gasteiger partial charge in [-0.05, 0) is 24.5 Å². The minimum absolute atomic E-state index is 0.0278. The first-order valence-electron chi connectivity index (χ1n) is 5.06. The summed E-state index contributed by atoms with van der Waals surface area (Å²) < 4.78 is 0. The highest BCUT2D eigenvalue weighted by molar-refractivity contribution is 5.99. The smallest absolute Gasteiger partial charge is 0.181 e. The molecule has 0 spiro atoms. The fourth-order valence-electron chi connectivity index (χ4n) is 1.54. The van der Waals surface area contributed by atoms with E-state index in [1.165, 1.54) is 0 Å². The van der Waals surface area contributed by atoms with Gasteiger partial charge in [-0.1, -0.05) is 20.8 Å². The van der Waals surface area contributed by atoms with E-state index in [-0.39, 0.29) is 11.7 Å². The van der Waals surface area contributed by atoms with Gasteiger partial charge in [0.05, 0.1) is 6.04 Å². The second-order valence-corrected chi connectivity index (χ2v) is 4.05. The second kappa shape index (κ2) is 4.05. The topological polar surface area (TPSA) is 55.5 Å². The Balaban J connectivity index is 2.86. The Bertz CT molecular complexity index is 267. The molecule has 0 aromatic carbocycles. The molecule has 0 bridgehead atoms. The average Bonchev–Trinajstić information content (AvgIpc) is 2.64. The van der Waals surface area contributed by atoms with Crippen LogP contribution >= 0.6 is 0 Å². The molecule has 14 heavy (non-hydrogen) atoms. The van der Waals surface area contributed by atoms with E-state index in [2.05, 4.69) is 4.99 Å². The van der Waals surface area contributed by atoms with Crippen molar-refractivity contribution in [2.24, 2.45) is 16.6 Å². The zero-order valence-corrected chi connectivity index (χ0v) is 9.03. The summed E-state index contributed by atoms with van der Waals surface area (Å²) >= 11 is 0. The van der Waals surface area contributed by atoms with E-state index >= 15 is 0 Å². The van der Waals surface area contributed by atoms with Gasteiger partial charge in [0.15, 0.2) is 5.78 Å². The number of aliphatic imine (C=N–C) groups is 1. The van der Waals surface area contributed by atoms with Crippen LogP contribution < -0.4 is 5.73 Å². The molecule has 0 fully saturated rings. The number of Topliss-reactive ketones (excluding diaryl/α,β-unsaturated/α-hetero) is 1. The zero-order valence-electron chi connectivity index (χ0n) is 9.03. The molecule has 0 amide bonds. The zero-order chi connectivity index (χ0) is 10.8. The molecule has 3 heteroatoms. The van der Waals surface area contributed by atoms with Crippen molar-refractivity contribution >= 4 is 12.0 Å². The summed E-state index contributed by atoms with van der Waals surface area (Å²) in [4.78, 5) is 16.3. The van der Waals surface area contributed by atoms with E-state index in [0.717, 1.165) is 0 Å². The van der Waals surface area contributed by atoms with Crippen LogP contribution in [0.15, 0.2) is 17.1 Å². The highest BCUT2D eigenvalue weighted by atomic mass is 16.1. The van der Waals surface area contributed by atoms with E-state index in [4.69, 9.17) is 5.73 Å². The molecule has 0 aromatic heterocycles. The van der Waals surface area contributed by atoms with Gasteiger partial charge in [0.2, 0.25) is 0 Å². The van der Waals surface area contributed by atoms with Crippen molar-refractivity contribution < 1.29 is 4.79 Å². The van der Waals surface area contributed by atoms with Gasteiger partial charge in [0.1, 0.15) is 5.54 Å². The van der Waals surface area contributed by atoms with Gasteiger partial charge in [-0.15, -0.1) is 0 Å². The van der Waals surface area contributed by atoms with E-state index < -0.39 is 11.6 Å². The molecule has 3 nitrogen and oxygen atoms in total. The summed E-state index contributed by atoms with van der Waals surface area (Å²) in [6.45, 7) is 5.86. The lowest BCUT2D eigenvalue weighted by molar-refractivity contribution is -0.124.